The highest BCUT2D eigenvalue weighted by atomic mass is 15.2. The number of rotatable bonds is 5. The maximum atomic E-state index is 3.80. The van der Waals surface area contributed by atoms with Crippen LogP contribution in [0.5, 0.6) is 0 Å². The number of likely N-dealkylation sites (tertiary alicyclic amines) is 1. The largest absolute Gasteiger partial charge is 0.314 e. The molecule has 2 heterocycles. The first-order chi connectivity index (χ1) is 9.05. The summed E-state index contributed by atoms with van der Waals surface area (Å²) in [6.45, 7) is 14.4. The second-order valence-corrected chi connectivity index (χ2v) is 7.15. The SMILES string of the molecule is CN1CCC(NCC(C)(C)CN2CCNCC2)CC1. The van der Waals surface area contributed by atoms with Gasteiger partial charge < -0.3 is 20.4 Å². The van der Waals surface area contributed by atoms with Gasteiger partial charge in [-0.05, 0) is 38.4 Å². The monoisotopic (exact) mass is 268 g/mol. The highest BCUT2D eigenvalue weighted by molar-refractivity contribution is 4.82. The Bertz CT molecular complexity index is 253. The summed E-state index contributed by atoms with van der Waals surface area (Å²) >= 11 is 0. The number of piperidine rings is 1. The van der Waals surface area contributed by atoms with E-state index in [4.69, 9.17) is 0 Å². The molecular weight excluding hydrogens is 236 g/mol. The lowest BCUT2D eigenvalue weighted by Gasteiger charge is -2.37. The molecule has 4 nitrogen and oxygen atoms in total. The molecule has 0 aliphatic carbocycles. The van der Waals surface area contributed by atoms with Crippen LogP contribution < -0.4 is 10.6 Å². The van der Waals surface area contributed by atoms with Crippen molar-refractivity contribution in [2.24, 2.45) is 5.41 Å². The molecular formula is C15H32N4. The Morgan fingerprint density at radius 3 is 2.37 bits per heavy atom. The maximum absolute atomic E-state index is 3.80. The van der Waals surface area contributed by atoms with E-state index < -0.39 is 0 Å². The van der Waals surface area contributed by atoms with Crippen molar-refractivity contribution in [1.82, 2.24) is 20.4 Å². The number of nitrogens with zero attached hydrogens (tertiary/aromatic N) is 2. The fourth-order valence-corrected chi connectivity index (χ4v) is 3.16. The van der Waals surface area contributed by atoms with Crippen LogP contribution in [0.4, 0.5) is 0 Å². The third-order valence-corrected chi connectivity index (χ3v) is 4.45. The minimum atomic E-state index is 0.376. The van der Waals surface area contributed by atoms with Crippen molar-refractivity contribution in [3.63, 3.8) is 0 Å². The Kier molecular flexibility index (Phi) is 5.63. The molecule has 0 saturated carbocycles. The van der Waals surface area contributed by atoms with Crippen LogP contribution in [0.25, 0.3) is 0 Å². The van der Waals surface area contributed by atoms with Gasteiger partial charge in [-0.2, -0.15) is 0 Å². The van der Waals surface area contributed by atoms with Gasteiger partial charge in [-0.1, -0.05) is 13.8 Å². The van der Waals surface area contributed by atoms with E-state index in [9.17, 15) is 0 Å². The highest BCUT2D eigenvalue weighted by Crippen LogP contribution is 2.18. The molecule has 19 heavy (non-hydrogen) atoms. The summed E-state index contributed by atoms with van der Waals surface area (Å²) in [5, 5.41) is 7.23. The lowest BCUT2D eigenvalue weighted by Crippen LogP contribution is -2.50. The van der Waals surface area contributed by atoms with Crippen LogP contribution >= 0.6 is 0 Å². The van der Waals surface area contributed by atoms with Crippen molar-refractivity contribution in [2.45, 2.75) is 32.7 Å². The first-order valence-corrected chi connectivity index (χ1v) is 7.90. The maximum Gasteiger partial charge on any atom is 0.0108 e. The molecule has 0 unspecified atom stereocenters. The fourth-order valence-electron chi connectivity index (χ4n) is 3.16. The van der Waals surface area contributed by atoms with Gasteiger partial charge in [-0.15, -0.1) is 0 Å². The zero-order valence-corrected chi connectivity index (χ0v) is 13.0. The van der Waals surface area contributed by atoms with Crippen LogP contribution in [-0.2, 0) is 0 Å². The van der Waals surface area contributed by atoms with Gasteiger partial charge in [0.1, 0.15) is 0 Å². The van der Waals surface area contributed by atoms with E-state index in [2.05, 4.69) is 41.3 Å². The Labute approximate surface area is 118 Å². The average Bonchev–Trinajstić information content (AvgIpc) is 2.39. The molecule has 0 aromatic rings. The summed E-state index contributed by atoms with van der Waals surface area (Å²) < 4.78 is 0. The van der Waals surface area contributed by atoms with E-state index in [0.29, 0.717) is 5.41 Å². The quantitative estimate of drug-likeness (QED) is 0.764. The zero-order chi connectivity index (χ0) is 13.7. The van der Waals surface area contributed by atoms with Crippen LogP contribution in [0.1, 0.15) is 26.7 Å². The van der Waals surface area contributed by atoms with Gasteiger partial charge >= 0.3 is 0 Å². The van der Waals surface area contributed by atoms with Crippen LogP contribution in [0.15, 0.2) is 0 Å². The molecule has 4 heteroatoms. The molecule has 2 N–H and O–H groups in total. The van der Waals surface area contributed by atoms with Crippen LogP contribution in [-0.4, -0.2) is 75.2 Å². The molecule has 0 amide bonds. The summed E-state index contributed by atoms with van der Waals surface area (Å²) in [6, 6.07) is 0.735. The molecule has 0 atom stereocenters. The Morgan fingerprint density at radius 1 is 1.11 bits per heavy atom. The molecule has 2 saturated heterocycles. The van der Waals surface area contributed by atoms with Gasteiger partial charge in [0, 0.05) is 45.3 Å². The molecule has 2 fully saturated rings. The summed E-state index contributed by atoms with van der Waals surface area (Å²) in [4.78, 5) is 5.04. The molecule has 0 bridgehead atoms. The lowest BCUT2D eigenvalue weighted by molar-refractivity contribution is 0.148. The second-order valence-electron chi connectivity index (χ2n) is 7.15. The van der Waals surface area contributed by atoms with Crippen LogP contribution in [0, 0.1) is 5.41 Å². The van der Waals surface area contributed by atoms with Crippen molar-refractivity contribution < 1.29 is 0 Å². The summed E-state index contributed by atoms with van der Waals surface area (Å²) in [5.74, 6) is 0. The zero-order valence-electron chi connectivity index (χ0n) is 13.0. The lowest BCUT2D eigenvalue weighted by atomic mass is 9.91. The number of nitrogens with one attached hydrogen (secondary N) is 2. The van der Waals surface area contributed by atoms with Crippen molar-refractivity contribution in [2.75, 3.05) is 59.4 Å². The van der Waals surface area contributed by atoms with Crippen molar-refractivity contribution in [3.05, 3.63) is 0 Å². The van der Waals surface area contributed by atoms with Crippen molar-refractivity contribution in [3.8, 4) is 0 Å². The standard InChI is InChI=1S/C15H32N4/c1-15(2,13-19-10-6-16-7-11-19)12-17-14-4-8-18(3)9-5-14/h14,16-17H,4-13H2,1-3H3. The van der Waals surface area contributed by atoms with E-state index in [0.717, 1.165) is 25.7 Å². The number of hydrogen-bond donors (Lipinski definition) is 2. The summed E-state index contributed by atoms with van der Waals surface area (Å²) in [6.07, 6.45) is 2.61. The molecule has 0 radical (unpaired) electrons. The van der Waals surface area contributed by atoms with Gasteiger partial charge in [0.15, 0.2) is 0 Å². The molecule has 0 aromatic heterocycles. The van der Waals surface area contributed by atoms with E-state index in [-0.39, 0.29) is 0 Å². The number of hydrogen-bond acceptors (Lipinski definition) is 4. The second kappa shape index (κ2) is 7.02. The van der Waals surface area contributed by atoms with E-state index >= 15 is 0 Å². The van der Waals surface area contributed by atoms with Gasteiger partial charge in [0.2, 0.25) is 0 Å². The molecule has 112 valence electrons. The smallest absolute Gasteiger partial charge is 0.0108 e. The first-order valence-electron chi connectivity index (χ1n) is 7.90. The Morgan fingerprint density at radius 2 is 1.74 bits per heavy atom. The molecule has 0 spiro atoms. The predicted octanol–water partition coefficient (Wildman–Crippen LogP) is 0.602. The van der Waals surface area contributed by atoms with Gasteiger partial charge in [0.25, 0.3) is 0 Å². The minimum Gasteiger partial charge on any atom is -0.314 e. The van der Waals surface area contributed by atoms with Gasteiger partial charge in [0.05, 0.1) is 0 Å². The third-order valence-electron chi connectivity index (χ3n) is 4.45. The minimum absolute atomic E-state index is 0.376. The van der Waals surface area contributed by atoms with Crippen molar-refractivity contribution >= 4 is 0 Å². The van der Waals surface area contributed by atoms with Crippen molar-refractivity contribution in [1.29, 1.82) is 0 Å². The Hall–Kier alpha value is -0.160. The van der Waals surface area contributed by atoms with Crippen LogP contribution in [0.3, 0.4) is 0 Å². The number of piperazine rings is 1. The van der Waals surface area contributed by atoms with Gasteiger partial charge in [-0.25, -0.2) is 0 Å². The van der Waals surface area contributed by atoms with E-state index in [1.807, 2.05) is 0 Å². The molecule has 2 aliphatic rings. The molecule has 0 aromatic carbocycles. The van der Waals surface area contributed by atoms with Gasteiger partial charge in [-0.3, -0.25) is 0 Å². The highest BCUT2D eigenvalue weighted by Gasteiger charge is 2.25. The average molecular weight is 268 g/mol. The van der Waals surface area contributed by atoms with E-state index in [1.165, 1.54) is 45.6 Å². The first kappa shape index (κ1) is 15.2. The summed E-state index contributed by atoms with van der Waals surface area (Å²) in [7, 11) is 2.23. The topological polar surface area (TPSA) is 30.5 Å². The third kappa shape index (κ3) is 5.38. The molecule has 2 rings (SSSR count). The Balaban J connectivity index is 1.67. The van der Waals surface area contributed by atoms with E-state index in [1.54, 1.807) is 0 Å². The molecule has 2 aliphatic heterocycles. The summed E-state index contributed by atoms with van der Waals surface area (Å²) in [5.41, 5.74) is 0.376. The van der Waals surface area contributed by atoms with Crippen LogP contribution in [0.2, 0.25) is 0 Å². The normalized spacial score (nSPS) is 24.8. The predicted molar refractivity (Wildman–Crippen MR) is 81.6 cm³/mol. The fraction of sp³-hybridized carbons (Fsp3) is 1.00.